The molecule has 1 aromatic heterocycles. The SMILES string of the molecule is C=CCOc1ccc(/C=C/C(=O)N2CCN(Cc3ccncc3)CC2)cc1OC. The Morgan fingerprint density at radius 3 is 2.59 bits per heavy atom. The van der Waals surface area contributed by atoms with Crippen molar-refractivity contribution in [3.8, 4) is 11.5 Å². The van der Waals surface area contributed by atoms with Crippen LogP contribution < -0.4 is 9.47 Å². The monoisotopic (exact) mass is 393 g/mol. The molecular formula is C23H27N3O3. The number of piperazine rings is 1. The highest BCUT2D eigenvalue weighted by Gasteiger charge is 2.19. The van der Waals surface area contributed by atoms with Gasteiger partial charge in [0.2, 0.25) is 5.91 Å². The molecule has 6 nitrogen and oxygen atoms in total. The highest BCUT2D eigenvalue weighted by molar-refractivity contribution is 5.92. The Hall–Kier alpha value is -3.12. The summed E-state index contributed by atoms with van der Waals surface area (Å²) in [5, 5.41) is 0. The van der Waals surface area contributed by atoms with Gasteiger partial charge in [-0.2, -0.15) is 0 Å². The predicted octanol–water partition coefficient (Wildman–Crippen LogP) is 3.01. The lowest BCUT2D eigenvalue weighted by Crippen LogP contribution is -2.47. The lowest BCUT2D eigenvalue weighted by atomic mass is 10.1. The van der Waals surface area contributed by atoms with E-state index < -0.39 is 0 Å². The van der Waals surface area contributed by atoms with Crippen molar-refractivity contribution in [3.63, 3.8) is 0 Å². The van der Waals surface area contributed by atoms with Gasteiger partial charge in [-0.1, -0.05) is 18.7 Å². The summed E-state index contributed by atoms with van der Waals surface area (Å²) in [6.45, 7) is 8.13. The number of carbonyl (C=O) groups is 1. The quantitative estimate of drug-likeness (QED) is 0.510. The second-order valence-electron chi connectivity index (χ2n) is 6.80. The molecule has 1 saturated heterocycles. The van der Waals surface area contributed by atoms with Crippen LogP contribution >= 0.6 is 0 Å². The van der Waals surface area contributed by atoms with Crippen molar-refractivity contribution in [3.05, 3.63) is 72.6 Å². The fourth-order valence-electron chi connectivity index (χ4n) is 3.20. The van der Waals surface area contributed by atoms with E-state index in [4.69, 9.17) is 9.47 Å². The molecule has 0 N–H and O–H groups in total. The Balaban J connectivity index is 1.52. The van der Waals surface area contributed by atoms with Crippen LogP contribution in [0.15, 0.2) is 61.5 Å². The van der Waals surface area contributed by atoms with Gasteiger partial charge in [0.15, 0.2) is 11.5 Å². The van der Waals surface area contributed by atoms with E-state index in [0.29, 0.717) is 18.1 Å². The lowest BCUT2D eigenvalue weighted by molar-refractivity contribution is -0.127. The maximum Gasteiger partial charge on any atom is 0.246 e. The molecule has 1 amide bonds. The molecule has 0 spiro atoms. The summed E-state index contributed by atoms with van der Waals surface area (Å²) >= 11 is 0. The molecule has 1 aliphatic rings. The van der Waals surface area contributed by atoms with Gasteiger partial charge < -0.3 is 14.4 Å². The van der Waals surface area contributed by atoms with Crippen LogP contribution in [0.25, 0.3) is 6.08 Å². The van der Waals surface area contributed by atoms with Crippen molar-refractivity contribution in [2.45, 2.75) is 6.54 Å². The number of ether oxygens (including phenoxy) is 2. The van der Waals surface area contributed by atoms with Gasteiger partial charge in [0.25, 0.3) is 0 Å². The van der Waals surface area contributed by atoms with Gasteiger partial charge in [-0.25, -0.2) is 0 Å². The van der Waals surface area contributed by atoms with Crippen LogP contribution in [0.2, 0.25) is 0 Å². The number of methoxy groups -OCH3 is 1. The Labute approximate surface area is 172 Å². The summed E-state index contributed by atoms with van der Waals surface area (Å²) in [5.41, 5.74) is 2.13. The zero-order chi connectivity index (χ0) is 20.5. The molecule has 1 fully saturated rings. The minimum atomic E-state index is 0.0273. The number of aromatic nitrogens is 1. The molecule has 152 valence electrons. The lowest BCUT2D eigenvalue weighted by Gasteiger charge is -2.34. The van der Waals surface area contributed by atoms with Gasteiger partial charge >= 0.3 is 0 Å². The molecule has 29 heavy (non-hydrogen) atoms. The molecular weight excluding hydrogens is 366 g/mol. The number of benzene rings is 1. The first-order chi connectivity index (χ1) is 14.2. The van der Waals surface area contributed by atoms with Gasteiger partial charge in [-0.05, 0) is 41.5 Å². The van der Waals surface area contributed by atoms with Crippen molar-refractivity contribution < 1.29 is 14.3 Å². The van der Waals surface area contributed by atoms with E-state index in [-0.39, 0.29) is 5.91 Å². The van der Waals surface area contributed by atoms with Gasteiger partial charge in [0.1, 0.15) is 6.61 Å². The van der Waals surface area contributed by atoms with Crippen molar-refractivity contribution in [2.24, 2.45) is 0 Å². The van der Waals surface area contributed by atoms with Crippen LogP contribution in [0.1, 0.15) is 11.1 Å². The third kappa shape index (κ3) is 5.93. The smallest absolute Gasteiger partial charge is 0.246 e. The average molecular weight is 393 g/mol. The first-order valence-corrected chi connectivity index (χ1v) is 9.69. The van der Waals surface area contributed by atoms with E-state index in [1.165, 1.54) is 5.56 Å². The van der Waals surface area contributed by atoms with Crippen LogP contribution in [0, 0.1) is 0 Å². The van der Waals surface area contributed by atoms with Crippen LogP contribution in [0.4, 0.5) is 0 Å². The van der Waals surface area contributed by atoms with Gasteiger partial charge in [0, 0.05) is 51.2 Å². The maximum atomic E-state index is 12.5. The Morgan fingerprint density at radius 2 is 1.90 bits per heavy atom. The topological polar surface area (TPSA) is 54.9 Å². The molecule has 3 rings (SSSR count). The largest absolute Gasteiger partial charge is 0.493 e. The molecule has 0 radical (unpaired) electrons. The summed E-state index contributed by atoms with van der Waals surface area (Å²) in [6.07, 6.45) is 8.74. The summed E-state index contributed by atoms with van der Waals surface area (Å²) < 4.78 is 10.9. The minimum Gasteiger partial charge on any atom is -0.493 e. The van der Waals surface area contributed by atoms with E-state index in [0.717, 1.165) is 38.3 Å². The second kappa shape index (κ2) is 10.4. The average Bonchev–Trinajstić information content (AvgIpc) is 2.77. The summed E-state index contributed by atoms with van der Waals surface area (Å²) in [7, 11) is 1.60. The van der Waals surface area contributed by atoms with Crippen molar-refractivity contribution in [1.29, 1.82) is 0 Å². The van der Waals surface area contributed by atoms with E-state index in [2.05, 4.69) is 16.5 Å². The Kier molecular flexibility index (Phi) is 7.41. The maximum absolute atomic E-state index is 12.5. The molecule has 0 atom stereocenters. The molecule has 0 unspecified atom stereocenters. The van der Waals surface area contributed by atoms with Gasteiger partial charge in [-0.3, -0.25) is 14.7 Å². The van der Waals surface area contributed by atoms with E-state index >= 15 is 0 Å². The number of carbonyl (C=O) groups excluding carboxylic acids is 1. The number of amides is 1. The molecule has 0 saturated carbocycles. The third-order valence-electron chi connectivity index (χ3n) is 4.80. The number of hydrogen-bond donors (Lipinski definition) is 0. The Bertz CT molecular complexity index is 844. The molecule has 0 bridgehead atoms. The van der Waals surface area contributed by atoms with Gasteiger partial charge in [0.05, 0.1) is 7.11 Å². The molecule has 1 aromatic carbocycles. The van der Waals surface area contributed by atoms with Crippen LogP contribution in [-0.2, 0) is 11.3 Å². The first kappa shape index (κ1) is 20.6. The van der Waals surface area contributed by atoms with E-state index in [9.17, 15) is 4.79 Å². The highest BCUT2D eigenvalue weighted by Crippen LogP contribution is 2.28. The molecule has 6 heteroatoms. The van der Waals surface area contributed by atoms with Crippen LogP contribution in [0.3, 0.4) is 0 Å². The van der Waals surface area contributed by atoms with Gasteiger partial charge in [-0.15, -0.1) is 0 Å². The van der Waals surface area contributed by atoms with Crippen LogP contribution in [-0.4, -0.2) is 60.6 Å². The Morgan fingerprint density at radius 1 is 1.14 bits per heavy atom. The van der Waals surface area contributed by atoms with Crippen molar-refractivity contribution in [2.75, 3.05) is 39.9 Å². The number of nitrogens with zero attached hydrogens (tertiary/aromatic N) is 3. The minimum absolute atomic E-state index is 0.0273. The standard InChI is InChI=1S/C23H27N3O3/c1-3-16-29-21-6-4-19(17-22(21)28-2)5-7-23(27)26-14-12-25(13-15-26)18-20-8-10-24-11-9-20/h3-11,17H,1,12-16,18H2,2H3/b7-5+. The van der Waals surface area contributed by atoms with E-state index in [1.54, 1.807) is 19.3 Å². The van der Waals surface area contributed by atoms with E-state index in [1.807, 2.05) is 53.7 Å². The van der Waals surface area contributed by atoms with Crippen LogP contribution in [0.5, 0.6) is 11.5 Å². The molecule has 2 aromatic rings. The second-order valence-corrected chi connectivity index (χ2v) is 6.80. The number of hydrogen-bond acceptors (Lipinski definition) is 5. The fourth-order valence-corrected chi connectivity index (χ4v) is 3.20. The molecule has 1 aliphatic heterocycles. The third-order valence-corrected chi connectivity index (χ3v) is 4.80. The number of pyridine rings is 1. The summed E-state index contributed by atoms with van der Waals surface area (Å²) in [4.78, 5) is 20.8. The predicted molar refractivity (Wildman–Crippen MR) is 114 cm³/mol. The highest BCUT2D eigenvalue weighted by atomic mass is 16.5. The molecule has 2 heterocycles. The van der Waals surface area contributed by atoms with Crippen molar-refractivity contribution >= 4 is 12.0 Å². The fraction of sp³-hybridized carbons (Fsp3) is 0.304. The molecule has 0 aliphatic carbocycles. The first-order valence-electron chi connectivity index (χ1n) is 9.69. The van der Waals surface area contributed by atoms with Crippen molar-refractivity contribution in [1.82, 2.24) is 14.8 Å². The summed E-state index contributed by atoms with van der Waals surface area (Å²) in [6, 6.07) is 9.65. The zero-order valence-electron chi connectivity index (χ0n) is 16.8. The summed E-state index contributed by atoms with van der Waals surface area (Å²) in [5.74, 6) is 1.31. The zero-order valence-corrected chi connectivity index (χ0v) is 16.8. The number of rotatable bonds is 8. The normalized spacial score (nSPS) is 14.7.